The zero-order valence-corrected chi connectivity index (χ0v) is 31.7. The van der Waals surface area contributed by atoms with Crippen molar-refractivity contribution in [1.29, 1.82) is 0 Å². The molecule has 0 radical (unpaired) electrons. The monoisotopic (exact) mass is 735 g/mol. The van der Waals surface area contributed by atoms with Gasteiger partial charge in [-0.05, 0) is 113 Å². The molecule has 9 aromatic rings. The van der Waals surface area contributed by atoms with E-state index < -0.39 is 0 Å². The molecule has 2 aromatic heterocycles. The van der Waals surface area contributed by atoms with Gasteiger partial charge in [0.15, 0.2) is 17.5 Å². The maximum atomic E-state index is 6.67. The van der Waals surface area contributed by atoms with E-state index in [1.165, 1.54) is 60.4 Å². The van der Waals surface area contributed by atoms with Gasteiger partial charge in [-0.1, -0.05) is 140 Å². The second kappa shape index (κ2) is 12.8. The van der Waals surface area contributed by atoms with Crippen LogP contribution in [0.15, 0.2) is 162 Å². The van der Waals surface area contributed by atoms with E-state index in [9.17, 15) is 0 Å². The number of nitrogens with zero attached hydrogens (tertiary/aromatic N) is 3. The van der Waals surface area contributed by atoms with Crippen molar-refractivity contribution in [3.8, 4) is 56.4 Å². The number of furan rings is 1. The van der Waals surface area contributed by atoms with Crippen LogP contribution in [0, 0.1) is 17.8 Å². The fraction of sp³-hybridized carbons (Fsp3) is 0.189. The molecule has 4 fully saturated rings. The molecule has 0 saturated heterocycles. The summed E-state index contributed by atoms with van der Waals surface area (Å²) in [5, 5.41) is 4.62. The number of fused-ring (bicyclic) bond motifs is 4. The lowest BCUT2D eigenvalue weighted by Gasteiger charge is -2.57. The molecule has 4 heteroatoms. The van der Waals surface area contributed by atoms with Crippen molar-refractivity contribution in [2.75, 3.05) is 0 Å². The smallest absolute Gasteiger partial charge is 0.164 e. The van der Waals surface area contributed by atoms with Gasteiger partial charge in [0.05, 0.1) is 0 Å². The molecule has 0 unspecified atom stereocenters. The summed E-state index contributed by atoms with van der Waals surface area (Å²) in [5.41, 5.74) is 11.0. The predicted molar refractivity (Wildman–Crippen MR) is 232 cm³/mol. The predicted octanol–water partition coefficient (Wildman–Crippen LogP) is 13.7. The maximum Gasteiger partial charge on any atom is 0.164 e. The second-order valence-electron chi connectivity index (χ2n) is 17.1. The molecule has 4 aliphatic carbocycles. The van der Waals surface area contributed by atoms with Crippen LogP contribution in [0.1, 0.15) is 44.1 Å². The number of benzene rings is 7. The summed E-state index contributed by atoms with van der Waals surface area (Å²) >= 11 is 0. The Hall–Kier alpha value is -6.39. The van der Waals surface area contributed by atoms with E-state index in [4.69, 9.17) is 19.4 Å². The Bertz CT molecular complexity index is 2940. The fourth-order valence-corrected chi connectivity index (χ4v) is 11.3. The molecular weight excluding hydrogens is 695 g/mol. The third-order valence-corrected chi connectivity index (χ3v) is 13.5. The summed E-state index contributed by atoms with van der Waals surface area (Å²) in [6.07, 6.45) is 8.44. The number of rotatable bonds is 6. The Morgan fingerprint density at radius 1 is 0.421 bits per heavy atom. The van der Waals surface area contributed by atoms with Crippen LogP contribution in [0.3, 0.4) is 0 Å². The minimum atomic E-state index is 0.353. The van der Waals surface area contributed by atoms with Crippen LogP contribution in [0.25, 0.3) is 89.1 Å². The van der Waals surface area contributed by atoms with E-state index in [2.05, 4.69) is 133 Å². The maximum absolute atomic E-state index is 6.67. The van der Waals surface area contributed by atoms with Crippen molar-refractivity contribution in [2.24, 2.45) is 17.8 Å². The van der Waals surface area contributed by atoms with E-state index in [0.29, 0.717) is 22.9 Å². The van der Waals surface area contributed by atoms with E-state index in [0.717, 1.165) is 73.1 Å². The summed E-state index contributed by atoms with van der Waals surface area (Å²) in [5.74, 6) is 4.66. The van der Waals surface area contributed by atoms with Crippen molar-refractivity contribution >= 4 is 32.7 Å². The van der Waals surface area contributed by atoms with E-state index in [1.54, 1.807) is 0 Å². The van der Waals surface area contributed by atoms with Crippen LogP contribution in [-0.2, 0) is 5.41 Å². The van der Waals surface area contributed by atoms with Crippen LogP contribution >= 0.6 is 0 Å². The molecule has 4 aliphatic rings. The average molecular weight is 736 g/mol. The van der Waals surface area contributed by atoms with Crippen molar-refractivity contribution in [3.63, 3.8) is 0 Å². The topological polar surface area (TPSA) is 51.8 Å². The highest BCUT2D eigenvalue weighted by atomic mass is 16.3. The van der Waals surface area contributed by atoms with Gasteiger partial charge < -0.3 is 4.42 Å². The quantitative estimate of drug-likeness (QED) is 0.171. The molecule has 4 bridgehead atoms. The number of hydrogen-bond acceptors (Lipinski definition) is 4. The van der Waals surface area contributed by atoms with Gasteiger partial charge in [-0.15, -0.1) is 0 Å². The van der Waals surface area contributed by atoms with Crippen LogP contribution in [0.4, 0.5) is 0 Å². The normalized spacial score (nSPS) is 21.2. The van der Waals surface area contributed by atoms with E-state index in [-0.39, 0.29) is 0 Å². The first kappa shape index (κ1) is 32.8. The first-order chi connectivity index (χ1) is 28.1. The fourth-order valence-electron chi connectivity index (χ4n) is 11.3. The van der Waals surface area contributed by atoms with Crippen molar-refractivity contribution in [1.82, 2.24) is 15.0 Å². The largest absolute Gasteiger partial charge is 0.455 e. The summed E-state index contributed by atoms with van der Waals surface area (Å²) in [7, 11) is 0. The lowest BCUT2D eigenvalue weighted by Crippen LogP contribution is -2.48. The Morgan fingerprint density at radius 2 is 0.965 bits per heavy atom. The highest BCUT2D eigenvalue weighted by Crippen LogP contribution is 2.61. The van der Waals surface area contributed by atoms with Gasteiger partial charge in [0.2, 0.25) is 0 Å². The van der Waals surface area contributed by atoms with Crippen molar-refractivity contribution in [3.05, 3.63) is 163 Å². The van der Waals surface area contributed by atoms with Crippen LogP contribution < -0.4 is 0 Å². The van der Waals surface area contributed by atoms with Gasteiger partial charge >= 0.3 is 0 Å². The third-order valence-electron chi connectivity index (χ3n) is 13.5. The lowest BCUT2D eigenvalue weighted by atomic mass is 9.48. The highest BCUT2D eigenvalue weighted by molar-refractivity contribution is 6.11. The van der Waals surface area contributed by atoms with Crippen molar-refractivity contribution in [2.45, 2.75) is 43.9 Å². The summed E-state index contributed by atoms with van der Waals surface area (Å²) < 4.78 is 6.67. The molecule has 0 aliphatic heterocycles. The Morgan fingerprint density at radius 3 is 1.68 bits per heavy atom. The van der Waals surface area contributed by atoms with Gasteiger partial charge in [0.1, 0.15) is 11.2 Å². The Balaban J connectivity index is 0.991. The second-order valence-corrected chi connectivity index (χ2v) is 17.1. The molecule has 274 valence electrons. The molecule has 0 amide bonds. The highest BCUT2D eigenvalue weighted by Gasteiger charge is 2.51. The Labute approximate surface area is 332 Å². The van der Waals surface area contributed by atoms with Gasteiger partial charge in [-0.25, -0.2) is 15.0 Å². The number of hydrogen-bond donors (Lipinski definition) is 0. The first-order valence-electron chi connectivity index (χ1n) is 20.6. The first-order valence-corrected chi connectivity index (χ1v) is 20.6. The van der Waals surface area contributed by atoms with Gasteiger partial charge in [0, 0.05) is 33.0 Å². The lowest BCUT2D eigenvalue weighted by molar-refractivity contribution is -0.00518. The summed E-state index contributed by atoms with van der Waals surface area (Å²) in [6, 6.07) is 56.2. The zero-order valence-electron chi connectivity index (χ0n) is 31.7. The van der Waals surface area contributed by atoms with Crippen LogP contribution in [-0.4, -0.2) is 15.0 Å². The summed E-state index contributed by atoms with van der Waals surface area (Å²) in [4.78, 5) is 15.5. The molecule has 2 heterocycles. The van der Waals surface area contributed by atoms with Gasteiger partial charge in [0.25, 0.3) is 0 Å². The zero-order chi connectivity index (χ0) is 37.5. The van der Waals surface area contributed by atoms with E-state index >= 15 is 0 Å². The molecule has 4 saturated carbocycles. The van der Waals surface area contributed by atoms with Gasteiger partial charge in [-0.3, -0.25) is 0 Å². The average Bonchev–Trinajstić information content (AvgIpc) is 3.64. The molecule has 0 spiro atoms. The van der Waals surface area contributed by atoms with Crippen molar-refractivity contribution < 1.29 is 4.42 Å². The molecule has 57 heavy (non-hydrogen) atoms. The number of aromatic nitrogens is 3. The molecule has 0 N–H and O–H groups in total. The molecule has 13 rings (SSSR count). The minimum Gasteiger partial charge on any atom is -0.455 e. The third kappa shape index (κ3) is 5.53. The molecule has 4 nitrogen and oxygen atoms in total. The number of para-hydroxylation sites is 1. The molecule has 7 aromatic carbocycles. The standard InChI is InChI=1S/C53H41N3O/c1-2-10-39(11-3-1)50-54-51(40-19-17-37(18-20-40)44-15-8-12-36-9-4-5-13-43(36)44)56-52(55-50)41-28-46(49-47(29-41)45-14-6-7-16-48(45)57-49)38-21-23-42(24-22-38)53-30-33-25-34(31-53)27-35(26-33)32-53/h1-24,28-29,33-35H,25-27,30-32H2. The summed E-state index contributed by atoms with van der Waals surface area (Å²) in [6.45, 7) is 0. The molecular formula is C53H41N3O. The molecule has 0 atom stereocenters. The SMILES string of the molecule is c1ccc(-c2nc(-c3ccc(-c4cccc5ccccc45)cc3)nc(-c3cc(-c4ccc(C56CC7CC(CC(C7)C5)C6)cc4)c4oc5ccccc5c4c3)n2)cc1. The van der Waals surface area contributed by atoms with Crippen LogP contribution in [0.2, 0.25) is 0 Å². The van der Waals surface area contributed by atoms with Gasteiger partial charge in [-0.2, -0.15) is 0 Å². The van der Waals surface area contributed by atoms with E-state index in [1.807, 2.05) is 24.3 Å². The Kier molecular flexibility index (Phi) is 7.38. The van der Waals surface area contributed by atoms with Crippen LogP contribution in [0.5, 0.6) is 0 Å². The minimum absolute atomic E-state index is 0.353.